The van der Waals surface area contributed by atoms with Gasteiger partial charge in [0.15, 0.2) is 11.5 Å². The van der Waals surface area contributed by atoms with Crippen LogP contribution in [0.25, 0.3) is 16.8 Å². The number of ether oxygens (including phenoxy) is 3. The van der Waals surface area contributed by atoms with Crippen LogP contribution < -0.4 is 9.47 Å². The van der Waals surface area contributed by atoms with Gasteiger partial charge in [0.2, 0.25) is 0 Å². The molecule has 1 fully saturated rings. The number of benzene rings is 2. The first kappa shape index (κ1) is 24.2. The zero-order chi connectivity index (χ0) is 25.7. The first-order valence-corrected chi connectivity index (χ1v) is 13.1. The Bertz CT molecular complexity index is 1370. The second-order valence-corrected chi connectivity index (χ2v) is 9.58. The van der Waals surface area contributed by atoms with Crippen molar-refractivity contribution in [2.75, 3.05) is 26.4 Å². The summed E-state index contributed by atoms with van der Waals surface area (Å²) >= 11 is 0. The van der Waals surface area contributed by atoms with Crippen LogP contribution in [0.15, 0.2) is 79.4 Å². The molecule has 1 amide bonds. The minimum absolute atomic E-state index is 0.0432. The Morgan fingerprint density at radius 3 is 2.71 bits per heavy atom. The second-order valence-electron chi connectivity index (χ2n) is 9.58. The fourth-order valence-corrected chi connectivity index (χ4v) is 4.95. The van der Waals surface area contributed by atoms with Gasteiger partial charge in [-0.3, -0.25) is 9.78 Å². The third-order valence-corrected chi connectivity index (χ3v) is 6.96. The van der Waals surface area contributed by atoms with Crippen LogP contribution in [0.2, 0.25) is 0 Å². The molecule has 0 aliphatic carbocycles. The van der Waals surface area contributed by atoms with Crippen LogP contribution in [0.3, 0.4) is 0 Å². The molecule has 2 aliphatic rings. The average Bonchev–Trinajstić information content (AvgIpc) is 3.43. The van der Waals surface area contributed by atoms with Crippen LogP contribution in [-0.2, 0) is 11.3 Å². The van der Waals surface area contributed by atoms with Crippen molar-refractivity contribution < 1.29 is 19.0 Å². The molecule has 0 radical (unpaired) electrons. The molecule has 38 heavy (non-hydrogen) atoms. The van der Waals surface area contributed by atoms with Gasteiger partial charge < -0.3 is 19.1 Å². The Balaban J connectivity index is 1.27. The summed E-state index contributed by atoms with van der Waals surface area (Å²) in [7, 11) is 0. The third-order valence-electron chi connectivity index (χ3n) is 6.96. The van der Waals surface area contributed by atoms with Gasteiger partial charge in [-0.15, -0.1) is 0 Å². The quantitative estimate of drug-likeness (QED) is 0.367. The minimum Gasteiger partial charge on any atom is -0.487 e. The average molecular weight is 511 g/mol. The van der Waals surface area contributed by atoms with Gasteiger partial charge in [-0.1, -0.05) is 6.07 Å². The lowest BCUT2D eigenvalue weighted by Crippen LogP contribution is -2.32. The Labute approximate surface area is 221 Å². The lowest BCUT2D eigenvalue weighted by Gasteiger charge is -2.24. The van der Waals surface area contributed by atoms with Gasteiger partial charge in [0.1, 0.15) is 13.2 Å². The number of nitrogens with zero attached hydrogens (tertiary/aromatic N) is 4. The first-order valence-electron chi connectivity index (χ1n) is 13.1. The number of amides is 1. The molecule has 4 heterocycles. The minimum atomic E-state index is -0.0432. The van der Waals surface area contributed by atoms with E-state index in [1.165, 1.54) is 0 Å². The van der Waals surface area contributed by atoms with E-state index in [0.717, 1.165) is 48.2 Å². The maximum atomic E-state index is 13.5. The van der Waals surface area contributed by atoms with Gasteiger partial charge >= 0.3 is 0 Å². The molecule has 6 rings (SSSR count). The molecule has 8 nitrogen and oxygen atoms in total. The Morgan fingerprint density at radius 1 is 1.03 bits per heavy atom. The third kappa shape index (κ3) is 5.26. The molecule has 194 valence electrons. The van der Waals surface area contributed by atoms with Crippen LogP contribution in [0.4, 0.5) is 0 Å². The van der Waals surface area contributed by atoms with Crippen molar-refractivity contribution in [3.63, 3.8) is 0 Å². The van der Waals surface area contributed by atoms with Crippen molar-refractivity contribution in [1.29, 1.82) is 0 Å². The molecule has 8 heteroatoms. The summed E-state index contributed by atoms with van der Waals surface area (Å²) in [6.45, 7) is 2.52. The van der Waals surface area contributed by atoms with Gasteiger partial charge in [0.25, 0.3) is 5.91 Å². The molecule has 2 aromatic carbocycles. The highest BCUT2D eigenvalue weighted by Crippen LogP contribution is 2.39. The zero-order valence-corrected chi connectivity index (χ0v) is 21.2. The topological polar surface area (TPSA) is 78.7 Å². The SMILES string of the molecule is O=C(c1ccc(-n2cccn2)cc1)N1CCOc2c(cc(-c3cccnc3)cc2OC[C@H]2CCCCO2)C1. The number of pyridine rings is 1. The van der Waals surface area contributed by atoms with Crippen molar-refractivity contribution in [1.82, 2.24) is 19.7 Å². The van der Waals surface area contributed by atoms with Gasteiger partial charge in [0, 0.05) is 54.6 Å². The molecule has 2 aliphatic heterocycles. The number of hydrogen-bond donors (Lipinski definition) is 0. The van der Waals surface area contributed by atoms with Crippen LogP contribution >= 0.6 is 0 Å². The van der Waals surface area contributed by atoms with E-state index in [1.807, 2.05) is 65.8 Å². The maximum absolute atomic E-state index is 13.5. The summed E-state index contributed by atoms with van der Waals surface area (Å²) in [5.74, 6) is 1.32. The molecular formula is C30H30N4O4. The van der Waals surface area contributed by atoms with Crippen molar-refractivity contribution in [3.8, 4) is 28.3 Å². The van der Waals surface area contributed by atoms with E-state index >= 15 is 0 Å². The highest BCUT2D eigenvalue weighted by atomic mass is 16.5. The van der Waals surface area contributed by atoms with E-state index < -0.39 is 0 Å². The van der Waals surface area contributed by atoms with Crippen LogP contribution in [0.1, 0.15) is 35.2 Å². The molecule has 0 unspecified atom stereocenters. The zero-order valence-electron chi connectivity index (χ0n) is 21.2. The number of aromatic nitrogens is 3. The molecule has 2 aromatic heterocycles. The predicted octanol–water partition coefficient (Wildman–Crippen LogP) is 4.92. The van der Waals surface area contributed by atoms with E-state index in [1.54, 1.807) is 17.1 Å². The molecule has 4 aromatic rings. The van der Waals surface area contributed by atoms with E-state index in [4.69, 9.17) is 14.2 Å². The molecule has 1 atom stereocenters. The van der Waals surface area contributed by atoms with Gasteiger partial charge in [-0.05, 0) is 73.4 Å². The highest BCUT2D eigenvalue weighted by Gasteiger charge is 2.25. The standard InChI is InChI=1S/C30H30N4O4/c35-30(22-7-9-26(10-8-22)34-13-4-12-32-34)33-14-16-37-29-25(20-33)17-24(23-5-3-11-31-19-23)18-28(29)38-21-27-6-1-2-15-36-27/h3-5,7-13,17-19,27H,1-2,6,14-16,20-21H2/t27-/m1/s1. The number of carbonyl (C=O) groups excluding carboxylic acids is 1. The van der Waals surface area contributed by atoms with Crippen LogP contribution in [-0.4, -0.2) is 58.0 Å². The number of carbonyl (C=O) groups is 1. The van der Waals surface area contributed by atoms with Crippen LogP contribution in [0.5, 0.6) is 11.5 Å². The van der Waals surface area contributed by atoms with E-state index in [9.17, 15) is 4.79 Å². The fraction of sp³-hybridized carbons (Fsp3) is 0.300. The van der Waals surface area contributed by atoms with E-state index in [2.05, 4.69) is 16.1 Å². The smallest absolute Gasteiger partial charge is 0.254 e. The van der Waals surface area contributed by atoms with E-state index in [-0.39, 0.29) is 12.0 Å². The lowest BCUT2D eigenvalue weighted by molar-refractivity contribution is -0.0115. The summed E-state index contributed by atoms with van der Waals surface area (Å²) in [6, 6.07) is 17.4. The highest BCUT2D eigenvalue weighted by molar-refractivity contribution is 5.94. The molecular weight excluding hydrogens is 480 g/mol. The monoisotopic (exact) mass is 510 g/mol. The van der Waals surface area contributed by atoms with Crippen molar-refractivity contribution >= 4 is 5.91 Å². The Morgan fingerprint density at radius 2 is 1.95 bits per heavy atom. The maximum Gasteiger partial charge on any atom is 0.254 e. The summed E-state index contributed by atoms with van der Waals surface area (Å²) in [4.78, 5) is 19.6. The molecule has 0 N–H and O–H groups in total. The van der Waals surface area contributed by atoms with Gasteiger partial charge in [-0.25, -0.2) is 4.68 Å². The fourth-order valence-electron chi connectivity index (χ4n) is 4.95. The van der Waals surface area contributed by atoms with Gasteiger partial charge in [-0.2, -0.15) is 5.10 Å². The largest absolute Gasteiger partial charge is 0.487 e. The molecule has 0 spiro atoms. The summed E-state index contributed by atoms with van der Waals surface area (Å²) in [5.41, 5.74) is 4.38. The van der Waals surface area contributed by atoms with Crippen LogP contribution in [0, 0.1) is 0 Å². The first-order chi connectivity index (χ1) is 18.7. The van der Waals surface area contributed by atoms with Crippen molar-refractivity contribution in [3.05, 3.63) is 90.5 Å². The normalized spacial score (nSPS) is 17.3. The van der Waals surface area contributed by atoms with E-state index in [0.29, 0.717) is 43.4 Å². The molecule has 1 saturated heterocycles. The molecule has 0 bridgehead atoms. The molecule has 0 saturated carbocycles. The summed E-state index contributed by atoms with van der Waals surface area (Å²) in [5, 5.41) is 4.26. The van der Waals surface area contributed by atoms with Crippen molar-refractivity contribution in [2.45, 2.75) is 31.9 Å². The number of fused-ring (bicyclic) bond motifs is 1. The summed E-state index contributed by atoms with van der Waals surface area (Å²) in [6.07, 6.45) is 10.5. The lowest BCUT2D eigenvalue weighted by atomic mass is 10.0. The Hall–Kier alpha value is -4.17. The summed E-state index contributed by atoms with van der Waals surface area (Å²) < 4.78 is 20.2. The van der Waals surface area contributed by atoms with Gasteiger partial charge in [0.05, 0.1) is 18.3 Å². The number of hydrogen-bond acceptors (Lipinski definition) is 6. The predicted molar refractivity (Wildman–Crippen MR) is 143 cm³/mol. The Kier molecular flexibility index (Phi) is 7.04. The van der Waals surface area contributed by atoms with Crippen molar-refractivity contribution in [2.24, 2.45) is 0 Å². The number of rotatable bonds is 6. The second kappa shape index (κ2) is 11.1.